The topological polar surface area (TPSA) is 84.5 Å². The van der Waals surface area contributed by atoms with Gasteiger partial charge < -0.3 is 10.1 Å². The number of hydrogen-bond acceptors (Lipinski definition) is 4. The second-order valence-corrected chi connectivity index (χ2v) is 7.05. The minimum absolute atomic E-state index is 0.170. The van der Waals surface area contributed by atoms with Crippen molar-refractivity contribution in [3.63, 3.8) is 0 Å². The molecule has 0 fully saturated rings. The molecule has 2 N–H and O–H groups in total. The molecule has 1 amide bonds. The lowest BCUT2D eigenvalue weighted by Gasteiger charge is -2.12. The number of nitrogens with one attached hydrogen (secondary N) is 2. The van der Waals surface area contributed by atoms with Crippen molar-refractivity contribution in [2.45, 2.75) is 0 Å². The number of methoxy groups -OCH3 is 1. The zero-order valence-corrected chi connectivity index (χ0v) is 14.3. The van der Waals surface area contributed by atoms with Gasteiger partial charge in [0, 0.05) is 16.8 Å². The molecule has 0 saturated heterocycles. The third-order valence-electron chi connectivity index (χ3n) is 2.93. The number of benzene rings is 2. The molecule has 0 atom stereocenters. The highest BCUT2D eigenvalue weighted by atomic mass is 35.5. The molecule has 128 valence electrons. The Hall–Kier alpha value is -2.32. The molecule has 0 heterocycles. The van der Waals surface area contributed by atoms with E-state index in [2.05, 4.69) is 10.0 Å². The predicted octanol–water partition coefficient (Wildman–Crippen LogP) is 3.11. The Morgan fingerprint density at radius 1 is 1.21 bits per heavy atom. The van der Waals surface area contributed by atoms with E-state index in [1.807, 2.05) is 0 Å². The maximum Gasteiger partial charge on any atom is 0.258 e. The zero-order valence-electron chi connectivity index (χ0n) is 12.8. The van der Waals surface area contributed by atoms with Crippen LogP contribution < -0.4 is 14.8 Å². The standard InChI is InChI=1S/C15H14ClFN2O4S/c1-23-14-8-10(4-6-13(14)19-24(2,21)22)18-15(20)11-5-3-9(16)7-12(11)17/h3-8,19H,1-2H3,(H,18,20). The number of sulfonamides is 1. The summed E-state index contributed by atoms with van der Waals surface area (Å²) in [5, 5.41) is 2.69. The van der Waals surface area contributed by atoms with E-state index in [9.17, 15) is 17.6 Å². The summed E-state index contributed by atoms with van der Waals surface area (Å²) in [5.74, 6) is -1.22. The summed E-state index contributed by atoms with van der Waals surface area (Å²) in [6.45, 7) is 0. The molecule has 2 aromatic carbocycles. The fourth-order valence-electron chi connectivity index (χ4n) is 1.93. The molecule has 6 nitrogen and oxygen atoms in total. The minimum atomic E-state index is -3.48. The molecule has 2 rings (SSSR count). The first-order valence-corrected chi connectivity index (χ1v) is 8.89. The molecule has 0 radical (unpaired) electrons. The maximum atomic E-state index is 13.8. The maximum absolute atomic E-state index is 13.8. The Labute approximate surface area is 143 Å². The Morgan fingerprint density at radius 3 is 2.50 bits per heavy atom. The number of carbonyl (C=O) groups excluding carboxylic acids is 1. The summed E-state index contributed by atoms with van der Waals surface area (Å²) >= 11 is 5.65. The van der Waals surface area contributed by atoms with Crippen molar-refractivity contribution in [2.75, 3.05) is 23.4 Å². The Kier molecular flexibility index (Phi) is 5.30. The van der Waals surface area contributed by atoms with Crippen LogP contribution in [0.25, 0.3) is 0 Å². The molecule has 0 unspecified atom stereocenters. The van der Waals surface area contributed by atoms with Gasteiger partial charge in [-0.15, -0.1) is 0 Å². The predicted molar refractivity (Wildman–Crippen MR) is 90.8 cm³/mol. The van der Waals surface area contributed by atoms with Crippen LogP contribution in [-0.4, -0.2) is 27.7 Å². The molecule has 0 aliphatic carbocycles. The molecule has 0 spiro atoms. The molecule has 9 heteroatoms. The number of rotatable bonds is 5. The quantitative estimate of drug-likeness (QED) is 0.844. The van der Waals surface area contributed by atoms with Crippen LogP contribution in [0.2, 0.25) is 5.02 Å². The van der Waals surface area contributed by atoms with E-state index in [1.165, 1.54) is 37.4 Å². The molecular formula is C15H14ClFN2O4S. The van der Waals surface area contributed by atoms with Crippen molar-refractivity contribution in [3.05, 3.63) is 52.8 Å². The molecule has 0 bridgehead atoms. The number of anilines is 2. The van der Waals surface area contributed by atoms with Gasteiger partial charge in [-0.2, -0.15) is 0 Å². The van der Waals surface area contributed by atoms with Gasteiger partial charge in [0.05, 0.1) is 24.6 Å². The summed E-state index contributed by atoms with van der Waals surface area (Å²) in [7, 11) is -2.12. The summed E-state index contributed by atoms with van der Waals surface area (Å²) in [6.07, 6.45) is 1.01. The monoisotopic (exact) mass is 372 g/mol. The number of hydrogen-bond donors (Lipinski definition) is 2. The summed E-state index contributed by atoms with van der Waals surface area (Å²) in [6, 6.07) is 8.01. The van der Waals surface area contributed by atoms with E-state index in [0.717, 1.165) is 12.3 Å². The molecule has 2 aromatic rings. The van der Waals surface area contributed by atoms with Crippen LogP contribution in [0.5, 0.6) is 5.75 Å². The summed E-state index contributed by atoms with van der Waals surface area (Å²) in [5.41, 5.74) is 0.359. The lowest BCUT2D eigenvalue weighted by atomic mass is 10.2. The number of ether oxygens (including phenoxy) is 1. The Morgan fingerprint density at radius 2 is 1.92 bits per heavy atom. The van der Waals surface area contributed by atoms with Gasteiger partial charge in [-0.3, -0.25) is 9.52 Å². The lowest BCUT2D eigenvalue weighted by molar-refractivity contribution is 0.102. The smallest absolute Gasteiger partial charge is 0.258 e. The highest BCUT2D eigenvalue weighted by Crippen LogP contribution is 2.29. The van der Waals surface area contributed by atoms with Crippen LogP contribution in [0.1, 0.15) is 10.4 Å². The molecule has 0 saturated carbocycles. The summed E-state index contributed by atoms with van der Waals surface area (Å²) < 4.78 is 43.7. The van der Waals surface area contributed by atoms with Gasteiger partial charge in [0.25, 0.3) is 5.91 Å². The zero-order chi connectivity index (χ0) is 17.9. The molecule has 0 aliphatic heterocycles. The van der Waals surface area contributed by atoms with Crippen LogP contribution in [0.4, 0.5) is 15.8 Å². The Bertz CT molecular complexity index is 887. The van der Waals surface area contributed by atoms with E-state index >= 15 is 0 Å². The van der Waals surface area contributed by atoms with Gasteiger partial charge in [-0.05, 0) is 30.3 Å². The number of carbonyl (C=O) groups is 1. The Balaban J connectivity index is 2.25. The first-order chi connectivity index (χ1) is 11.2. The summed E-state index contributed by atoms with van der Waals surface area (Å²) in [4.78, 5) is 12.1. The fraction of sp³-hybridized carbons (Fsp3) is 0.133. The van der Waals surface area contributed by atoms with Crippen molar-refractivity contribution in [1.82, 2.24) is 0 Å². The van der Waals surface area contributed by atoms with Gasteiger partial charge in [0.2, 0.25) is 10.0 Å². The van der Waals surface area contributed by atoms with Crippen LogP contribution >= 0.6 is 11.6 Å². The van der Waals surface area contributed by atoms with Crippen molar-refractivity contribution in [1.29, 1.82) is 0 Å². The molecule has 0 aliphatic rings. The average molecular weight is 373 g/mol. The minimum Gasteiger partial charge on any atom is -0.494 e. The lowest BCUT2D eigenvalue weighted by Crippen LogP contribution is -2.14. The number of halogens is 2. The van der Waals surface area contributed by atoms with Crippen molar-refractivity contribution in [3.8, 4) is 5.75 Å². The van der Waals surface area contributed by atoms with E-state index in [4.69, 9.17) is 16.3 Å². The first kappa shape index (κ1) is 18.0. The molecular weight excluding hydrogens is 359 g/mol. The van der Waals surface area contributed by atoms with Crippen LogP contribution in [0.15, 0.2) is 36.4 Å². The fourth-order valence-corrected chi connectivity index (χ4v) is 2.65. The highest BCUT2D eigenvalue weighted by Gasteiger charge is 2.14. The first-order valence-electron chi connectivity index (χ1n) is 6.62. The van der Waals surface area contributed by atoms with E-state index in [1.54, 1.807) is 0 Å². The van der Waals surface area contributed by atoms with Crippen LogP contribution in [-0.2, 0) is 10.0 Å². The number of amides is 1. The van der Waals surface area contributed by atoms with E-state index < -0.39 is 21.7 Å². The third-order valence-corrected chi connectivity index (χ3v) is 3.76. The van der Waals surface area contributed by atoms with Gasteiger partial charge in [-0.25, -0.2) is 12.8 Å². The second kappa shape index (κ2) is 7.06. The average Bonchev–Trinajstić information content (AvgIpc) is 2.47. The van der Waals surface area contributed by atoms with Crippen LogP contribution in [0, 0.1) is 5.82 Å². The van der Waals surface area contributed by atoms with Crippen molar-refractivity contribution >= 4 is 38.9 Å². The molecule has 24 heavy (non-hydrogen) atoms. The second-order valence-electron chi connectivity index (χ2n) is 4.87. The SMILES string of the molecule is COc1cc(NC(=O)c2ccc(Cl)cc2F)ccc1NS(C)(=O)=O. The highest BCUT2D eigenvalue weighted by molar-refractivity contribution is 7.92. The van der Waals surface area contributed by atoms with Crippen LogP contribution in [0.3, 0.4) is 0 Å². The van der Waals surface area contributed by atoms with E-state index in [-0.39, 0.29) is 22.0 Å². The van der Waals surface area contributed by atoms with Gasteiger partial charge in [0.15, 0.2) is 0 Å². The van der Waals surface area contributed by atoms with Gasteiger partial charge >= 0.3 is 0 Å². The van der Waals surface area contributed by atoms with Gasteiger partial charge in [-0.1, -0.05) is 11.6 Å². The van der Waals surface area contributed by atoms with E-state index in [0.29, 0.717) is 5.69 Å². The van der Waals surface area contributed by atoms with Crippen molar-refractivity contribution in [2.24, 2.45) is 0 Å². The largest absolute Gasteiger partial charge is 0.494 e. The normalized spacial score (nSPS) is 11.0. The third kappa shape index (κ3) is 4.59. The van der Waals surface area contributed by atoms with Crippen molar-refractivity contribution < 1.29 is 22.3 Å². The van der Waals surface area contributed by atoms with Gasteiger partial charge in [0.1, 0.15) is 11.6 Å². The molecule has 0 aromatic heterocycles.